The van der Waals surface area contributed by atoms with Crippen LogP contribution in [0.15, 0.2) is 16.5 Å². The second kappa shape index (κ2) is 5.84. The van der Waals surface area contributed by atoms with Gasteiger partial charge < -0.3 is 9.73 Å². The Labute approximate surface area is 128 Å². The minimum absolute atomic E-state index is 0.0820. The lowest BCUT2D eigenvalue weighted by Gasteiger charge is -2.20. The fourth-order valence-corrected chi connectivity index (χ4v) is 2.93. The lowest BCUT2D eigenvalue weighted by molar-refractivity contribution is 0.464. The van der Waals surface area contributed by atoms with Crippen LogP contribution in [-0.2, 0) is 12.0 Å². The molecule has 0 bridgehead atoms. The quantitative estimate of drug-likeness (QED) is 0.847. The Bertz CT molecular complexity index is 629. The van der Waals surface area contributed by atoms with E-state index in [-0.39, 0.29) is 5.41 Å². The fraction of sp³-hybridized carbons (Fsp3) is 0.579. The van der Waals surface area contributed by atoms with Crippen LogP contribution in [0.4, 0.5) is 0 Å². The third-order valence-corrected chi connectivity index (χ3v) is 3.91. The zero-order chi connectivity index (χ0) is 15.8. The minimum atomic E-state index is 0.0820. The first-order valence-electron chi connectivity index (χ1n) is 7.94. The maximum atomic E-state index is 6.26. The summed E-state index contributed by atoms with van der Waals surface area (Å²) >= 11 is 0. The average Bonchev–Trinajstić information content (AvgIpc) is 2.74. The molecule has 2 aromatic rings. The molecule has 21 heavy (non-hydrogen) atoms. The molecule has 1 aromatic heterocycles. The number of hydrogen-bond donors (Lipinski definition) is 1. The van der Waals surface area contributed by atoms with Gasteiger partial charge in [0.2, 0.25) is 0 Å². The van der Waals surface area contributed by atoms with Crippen molar-refractivity contribution in [2.75, 3.05) is 6.54 Å². The van der Waals surface area contributed by atoms with Crippen LogP contribution in [-0.4, -0.2) is 6.54 Å². The monoisotopic (exact) mass is 287 g/mol. The zero-order valence-corrected chi connectivity index (χ0v) is 14.6. The van der Waals surface area contributed by atoms with Crippen LogP contribution in [0.25, 0.3) is 11.0 Å². The van der Waals surface area contributed by atoms with Gasteiger partial charge in [0.25, 0.3) is 0 Å². The van der Waals surface area contributed by atoms with E-state index in [2.05, 4.69) is 65.9 Å². The molecule has 0 atom stereocenters. The summed E-state index contributed by atoms with van der Waals surface area (Å²) in [5.41, 5.74) is 5.02. The highest BCUT2D eigenvalue weighted by Gasteiger charge is 2.26. The van der Waals surface area contributed by atoms with Crippen LogP contribution in [0.3, 0.4) is 0 Å². The van der Waals surface area contributed by atoms with E-state index in [0.29, 0.717) is 5.92 Å². The summed E-state index contributed by atoms with van der Waals surface area (Å²) in [6.45, 7) is 17.4. The third-order valence-electron chi connectivity index (χ3n) is 3.91. The van der Waals surface area contributed by atoms with Gasteiger partial charge in [0.05, 0.1) is 6.54 Å². The molecule has 1 heterocycles. The number of benzene rings is 1. The molecule has 0 aliphatic heterocycles. The Balaban J connectivity index is 2.54. The van der Waals surface area contributed by atoms with E-state index in [1.54, 1.807) is 0 Å². The second-order valence-corrected chi connectivity index (χ2v) is 7.58. The van der Waals surface area contributed by atoms with Gasteiger partial charge in [0.15, 0.2) is 0 Å². The zero-order valence-electron chi connectivity index (χ0n) is 14.6. The minimum Gasteiger partial charge on any atom is -0.459 e. The molecule has 0 saturated carbocycles. The van der Waals surface area contributed by atoms with Crippen molar-refractivity contribution in [1.29, 1.82) is 0 Å². The van der Waals surface area contributed by atoms with Crippen LogP contribution >= 0.6 is 0 Å². The first-order valence-corrected chi connectivity index (χ1v) is 7.94. The van der Waals surface area contributed by atoms with E-state index in [0.717, 1.165) is 24.4 Å². The van der Waals surface area contributed by atoms with E-state index in [1.165, 1.54) is 22.1 Å². The number of hydrogen-bond acceptors (Lipinski definition) is 2. The molecule has 1 N–H and O–H groups in total. The predicted octanol–water partition coefficient (Wildman–Crippen LogP) is 5.09. The first kappa shape index (κ1) is 16.1. The topological polar surface area (TPSA) is 25.2 Å². The number of furan rings is 1. The van der Waals surface area contributed by atoms with Crippen molar-refractivity contribution >= 4 is 11.0 Å². The summed E-state index contributed by atoms with van der Waals surface area (Å²) in [7, 11) is 0. The predicted molar refractivity (Wildman–Crippen MR) is 90.9 cm³/mol. The molecule has 2 heteroatoms. The van der Waals surface area contributed by atoms with Gasteiger partial charge >= 0.3 is 0 Å². The Hall–Kier alpha value is -1.28. The number of aryl methyl sites for hydroxylation is 2. The van der Waals surface area contributed by atoms with Crippen molar-refractivity contribution in [3.05, 3.63) is 34.6 Å². The average molecular weight is 287 g/mol. The van der Waals surface area contributed by atoms with E-state index in [1.807, 2.05) is 0 Å². The fourth-order valence-electron chi connectivity index (χ4n) is 2.93. The van der Waals surface area contributed by atoms with Crippen molar-refractivity contribution < 1.29 is 4.42 Å². The highest BCUT2D eigenvalue weighted by Crippen LogP contribution is 2.38. The second-order valence-electron chi connectivity index (χ2n) is 7.58. The van der Waals surface area contributed by atoms with E-state index < -0.39 is 0 Å². The largest absolute Gasteiger partial charge is 0.459 e. The molecular weight excluding hydrogens is 258 g/mol. The maximum absolute atomic E-state index is 6.26. The molecular formula is C19H29NO. The molecule has 2 nitrogen and oxygen atoms in total. The Kier molecular flexibility index (Phi) is 4.48. The van der Waals surface area contributed by atoms with Crippen LogP contribution in [0.2, 0.25) is 0 Å². The van der Waals surface area contributed by atoms with E-state index in [4.69, 9.17) is 4.42 Å². The normalized spacial score (nSPS) is 12.6. The molecule has 0 saturated heterocycles. The molecule has 0 aliphatic rings. The summed E-state index contributed by atoms with van der Waals surface area (Å²) in [6, 6.07) is 4.35. The third kappa shape index (κ3) is 3.32. The Morgan fingerprint density at radius 3 is 2.29 bits per heavy atom. The van der Waals surface area contributed by atoms with Crippen LogP contribution in [0.5, 0.6) is 0 Å². The first-order chi connectivity index (χ1) is 9.71. The van der Waals surface area contributed by atoms with Crippen LogP contribution < -0.4 is 5.32 Å². The molecule has 0 aliphatic carbocycles. The van der Waals surface area contributed by atoms with Crippen molar-refractivity contribution in [2.45, 2.75) is 60.4 Å². The van der Waals surface area contributed by atoms with Crippen LogP contribution in [0, 0.1) is 19.8 Å². The summed E-state index contributed by atoms with van der Waals surface area (Å²) < 4.78 is 6.26. The molecule has 0 spiro atoms. The molecule has 0 fully saturated rings. The Morgan fingerprint density at radius 2 is 1.71 bits per heavy atom. The van der Waals surface area contributed by atoms with Gasteiger partial charge in [-0.2, -0.15) is 0 Å². The molecule has 2 rings (SSSR count). The molecule has 0 unspecified atom stereocenters. The summed E-state index contributed by atoms with van der Waals surface area (Å²) in [5.74, 6) is 1.74. The highest BCUT2D eigenvalue weighted by molar-refractivity contribution is 5.89. The molecule has 1 aromatic carbocycles. The molecule has 116 valence electrons. The van der Waals surface area contributed by atoms with Gasteiger partial charge in [0.1, 0.15) is 11.3 Å². The molecule has 0 amide bonds. The van der Waals surface area contributed by atoms with Gasteiger partial charge in [-0.15, -0.1) is 0 Å². The molecule has 0 radical (unpaired) electrons. The number of rotatable bonds is 4. The Morgan fingerprint density at radius 1 is 1.10 bits per heavy atom. The summed E-state index contributed by atoms with van der Waals surface area (Å²) in [5, 5.41) is 4.83. The maximum Gasteiger partial charge on any atom is 0.137 e. The van der Waals surface area contributed by atoms with Crippen molar-refractivity contribution in [3.63, 3.8) is 0 Å². The van der Waals surface area contributed by atoms with Gasteiger partial charge in [-0.3, -0.25) is 0 Å². The highest BCUT2D eigenvalue weighted by atomic mass is 16.3. The van der Waals surface area contributed by atoms with Gasteiger partial charge in [-0.05, 0) is 42.9 Å². The van der Waals surface area contributed by atoms with Crippen molar-refractivity contribution in [3.8, 4) is 0 Å². The summed E-state index contributed by atoms with van der Waals surface area (Å²) in [6.07, 6.45) is 0. The lowest BCUT2D eigenvalue weighted by Crippen LogP contribution is -2.21. The van der Waals surface area contributed by atoms with Gasteiger partial charge in [-0.25, -0.2) is 0 Å². The standard InChI is InChI=1S/C19H29NO/c1-12(2)10-20-11-15-17(19(5,6)7)16-13(3)8-9-14(4)18(16)21-15/h8-9,12,20H,10-11H2,1-7H3. The van der Waals surface area contributed by atoms with Gasteiger partial charge in [-0.1, -0.05) is 46.8 Å². The van der Waals surface area contributed by atoms with Crippen molar-refractivity contribution in [1.82, 2.24) is 5.32 Å². The smallest absolute Gasteiger partial charge is 0.137 e. The summed E-state index contributed by atoms with van der Waals surface area (Å²) in [4.78, 5) is 0. The van der Waals surface area contributed by atoms with Crippen LogP contribution in [0.1, 0.15) is 57.1 Å². The number of nitrogens with one attached hydrogen (secondary N) is 1. The van der Waals surface area contributed by atoms with Gasteiger partial charge in [0, 0.05) is 10.9 Å². The van der Waals surface area contributed by atoms with E-state index >= 15 is 0 Å². The lowest BCUT2D eigenvalue weighted by atomic mass is 9.83. The van der Waals surface area contributed by atoms with Crippen molar-refractivity contribution in [2.24, 2.45) is 5.92 Å². The SMILES string of the molecule is Cc1ccc(C)c2c(C(C)(C)C)c(CNCC(C)C)oc12. The van der Waals surface area contributed by atoms with E-state index in [9.17, 15) is 0 Å². The number of fused-ring (bicyclic) bond motifs is 1.